The van der Waals surface area contributed by atoms with Gasteiger partial charge in [0.15, 0.2) is 0 Å². The number of hydrogen-bond donors (Lipinski definition) is 0. The third-order valence-electron chi connectivity index (χ3n) is 3.01. The van der Waals surface area contributed by atoms with Crippen molar-refractivity contribution in [2.75, 3.05) is 14.2 Å². The van der Waals surface area contributed by atoms with E-state index >= 15 is 0 Å². The smallest absolute Gasteiger partial charge is 0.229 e. The second-order valence-corrected chi connectivity index (χ2v) is 5.74. The number of hydrogen-bond acceptors (Lipinski definition) is 5. The number of nitrogens with zero attached hydrogens (tertiary/aromatic N) is 1. The Kier molecular flexibility index (Phi) is 4.44. The van der Waals surface area contributed by atoms with Crippen molar-refractivity contribution in [1.29, 1.82) is 0 Å². The van der Waals surface area contributed by atoms with Crippen LogP contribution >= 0.6 is 0 Å². The minimum Gasteiger partial charge on any atom is -0.744 e. The maximum atomic E-state index is 10.9. The normalized spacial score (nSPS) is 11.2. The lowest BCUT2D eigenvalue weighted by molar-refractivity contribution is -0.885. The Balaban J connectivity index is 2.29. The van der Waals surface area contributed by atoms with Gasteiger partial charge in [-0.25, -0.2) is 8.42 Å². The van der Waals surface area contributed by atoms with Crippen molar-refractivity contribution < 1.29 is 27.3 Å². The minimum absolute atomic E-state index is 0.238. The zero-order chi connectivity index (χ0) is 15.5. The van der Waals surface area contributed by atoms with Crippen LogP contribution in [0.4, 0.5) is 0 Å². The van der Waals surface area contributed by atoms with Crippen LogP contribution in [0.15, 0.2) is 47.6 Å². The van der Waals surface area contributed by atoms with Crippen molar-refractivity contribution >= 4 is 10.1 Å². The lowest BCUT2D eigenvalue weighted by Gasteiger charge is -2.09. The van der Waals surface area contributed by atoms with Crippen LogP contribution in [-0.2, 0) is 16.5 Å². The molecule has 1 aromatic carbocycles. The summed E-state index contributed by atoms with van der Waals surface area (Å²) in [6, 6.07) is 7.59. The molecule has 6 nitrogen and oxygen atoms in total. The summed E-state index contributed by atoms with van der Waals surface area (Å²) in [5.41, 5.74) is 1.73. The van der Waals surface area contributed by atoms with E-state index in [1.807, 2.05) is 0 Å². The van der Waals surface area contributed by atoms with Crippen molar-refractivity contribution in [1.82, 2.24) is 0 Å². The van der Waals surface area contributed by atoms with Gasteiger partial charge in [-0.05, 0) is 17.7 Å². The molecule has 0 unspecified atom stereocenters. The number of rotatable bonds is 5. The van der Waals surface area contributed by atoms with Gasteiger partial charge in [0.05, 0.1) is 17.6 Å². The molecule has 1 heterocycles. The van der Waals surface area contributed by atoms with Crippen molar-refractivity contribution in [2.45, 2.75) is 11.3 Å². The first-order valence-corrected chi connectivity index (χ1v) is 7.52. The van der Waals surface area contributed by atoms with E-state index in [4.69, 9.17) is 9.57 Å². The van der Waals surface area contributed by atoms with Crippen molar-refractivity contribution in [3.8, 4) is 5.75 Å². The minimum atomic E-state index is -4.41. The summed E-state index contributed by atoms with van der Waals surface area (Å²) >= 11 is 0. The molecular weight excluding hydrogens is 294 g/mol. The van der Waals surface area contributed by atoms with E-state index < -0.39 is 10.1 Å². The molecule has 0 N–H and O–H groups in total. The molecule has 0 spiro atoms. The first kappa shape index (κ1) is 15.3. The standard InChI is InChI=1S/C14H15NO5S/c1-19-14-7-8-15(20-2)10-12(14)9-11-3-5-13(6-4-11)21(16,17)18/h3-8,10H,9H2,1-2H3. The average molecular weight is 309 g/mol. The number of aromatic nitrogens is 1. The summed E-state index contributed by atoms with van der Waals surface area (Å²) in [6.45, 7) is 0. The average Bonchev–Trinajstić information content (AvgIpc) is 2.46. The summed E-state index contributed by atoms with van der Waals surface area (Å²) in [5, 5.41) is 0. The third-order valence-corrected chi connectivity index (χ3v) is 3.86. The Hall–Kier alpha value is -2.12. The molecule has 0 atom stereocenters. The van der Waals surface area contributed by atoms with Crippen LogP contribution in [0.3, 0.4) is 0 Å². The Bertz CT molecular complexity index is 726. The van der Waals surface area contributed by atoms with Gasteiger partial charge in [0, 0.05) is 17.2 Å². The topological polar surface area (TPSA) is 79.5 Å². The summed E-state index contributed by atoms with van der Waals surface area (Å²) < 4.78 is 39.5. The van der Waals surface area contributed by atoms with E-state index in [0.29, 0.717) is 12.2 Å². The Morgan fingerprint density at radius 3 is 2.33 bits per heavy atom. The van der Waals surface area contributed by atoms with Gasteiger partial charge in [-0.15, -0.1) is 0 Å². The van der Waals surface area contributed by atoms with Crippen LogP contribution in [0, 0.1) is 0 Å². The first-order chi connectivity index (χ1) is 9.94. The molecule has 0 aliphatic rings. The number of methoxy groups -OCH3 is 1. The maximum Gasteiger partial charge on any atom is 0.229 e. The predicted octanol–water partition coefficient (Wildman–Crippen LogP) is 0.536. The molecule has 1 aromatic heterocycles. The molecule has 112 valence electrons. The molecule has 0 bridgehead atoms. The molecule has 0 saturated carbocycles. The SMILES string of the molecule is COc1cc[n+](OC)cc1Cc1ccc(S(=O)(=O)[O-])cc1. The fourth-order valence-electron chi connectivity index (χ4n) is 1.95. The summed E-state index contributed by atoms with van der Waals surface area (Å²) in [7, 11) is -1.30. The molecular formula is C14H15NO5S. The van der Waals surface area contributed by atoms with E-state index in [1.165, 1.54) is 16.9 Å². The van der Waals surface area contributed by atoms with Crippen molar-refractivity contribution in [3.63, 3.8) is 0 Å². The van der Waals surface area contributed by atoms with Gasteiger partial charge in [-0.1, -0.05) is 12.1 Å². The number of ether oxygens (including phenoxy) is 1. The lowest BCUT2D eigenvalue weighted by atomic mass is 10.1. The van der Waals surface area contributed by atoms with E-state index in [-0.39, 0.29) is 4.90 Å². The first-order valence-electron chi connectivity index (χ1n) is 6.11. The molecule has 21 heavy (non-hydrogen) atoms. The fourth-order valence-corrected chi connectivity index (χ4v) is 2.42. The molecule has 2 aromatic rings. The van der Waals surface area contributed by atoms with Crippen LogP contribution in [0.5, 0.6) is 5.75 Å². The van der Waals surface area contributed by atoms with Crippen LogP contribution in [0.25, 0.3) is 0 Å². The van der Waals surface area contributed by atoms with Crippen molar-refractivity contribution in [3.05, 3.63) is 53.9 Å². The van der Waals surface area contributed by atoms with Gasteiger partial charge in [0.1, 0.15) is 23.0 Å². The van der Waals surface area contributed by atoms with Gasteiger partial charge in [0.25, 0.3) is 0 Å². The van der Waals surface area contributed by atoms with Gasteiger partial charge < -0.3 is 9.29 Å². The molecule has 0 saturated heterocycles. The quantitative estimate of drug-likeness (QED) is 0.595. The lowest BCUT2D eigenvalue weighted by Crippen LogP contribution is -2.40. The number of pyridine rings is 1. The Morgan fingerprint density at radius 2 is 1.81 bits per heavy atom. The second kappa shape index (κ2) is 6.11. The van der Waals surface area contributed by atoms with E-state index in [0.717, 1.165) is 11.1 Å². The van der Waals surface area contributed by atoms with Crippen LogP contribution in [0.1, 0.15) is 11.1 Å². The van der Waals surface area contributed by atoms with Gasteiger partial charge in [0.2, 0.25) is 12.4 Å². The van der Waals surface area contributed by atoms with E-state index in [1.54, 1.807) is 44.8 Å². The zero-order valence-electron chi connectivity index (χ0n) is 11.6. The molecule has 0 fully saturated rings. The molecule has 2 rings (SSSR count). The largest absolute Gasteiger partial charge is 0.744 e. The van der Waals surface area contributed by atoms with Crippen LogP contribution in [-0.4, -0.2) is 27.2 Å². The highest BCUT2D eigenvalue weighted by molar-refractivity contribution is 7.85. The summed E-state index contributed by atoms with van der Waals surface area (Å²) in [5.74, 6) is 0.698. The highest BCUT2D eigenvalue weighted by Gasteiger charge is 2.11. The molecule has 0 amide bonds. The fraction of sp³-hybridized carbons (Fsp3) is 0.214. The van der Waals surface area contributed by atoms with Gasteiger partial charge in [-0.2, -0.15) is 0 Å². The Labute approximate surface area is 123 Å². The maximum absolute atomic E-state index is 10.9. The summed E-state index contributed by atoms with van der Waals surface area (Å²) in [4.78, 5) is 4.86. The van der Waals surface area contributed by atoms with E-state index in [2.05, 4.69) is 0 Å². The summed E-state index contributed by atoms with van der Waals surface area (Å²) in [6.07, 6.45) is 4.01. The van der Waals surface area contributed by atoms with Crippen LogP contribution in [0.2, 0.25) is 0 Å². The van der Waals surface area contributed by atoms with Gasteiger partial charge in [-0.3, -0.25) is 4.84 Å². The Morgan fingerprint density at radius 1 is 1.14 bits per heavy atom. The zero-order valence-corrected chi connectivity index (χ0v) is 12.5. The van der Waals surface area contributed by atoms with Crippen molar-refractivity contribution in [2.24, 2.45) is 0 Å². The van der Waals surface area contributed by atoms with Crippen LogP contribution < -0.4 is 14.3 Å². The second-order valence-electron chi connectivity index (χ2n) is 4.36. The van der Waals surface area contributed by atoms with Gasteiger partial charge >= 0.3 is 0 Å². The highest BCUT2D eigenvalue weighted by atomic mass is 32.2. The molecule has 0 aliphatic heterocycles. The highest BCUT2D eigenvalue weighted by Crippen LogP contribution is 2.20. The van der Waals surface area contributed by atoms with E-state index in [9.17, 15) is 13.0 Å². The third kappa shape index (κ3) is 3.71. The molecule has 7 heteroatoms. The number of benzene rings is 1. The molecule has 0 radical (unpaired) electrons. The monoisotopic (exact) mass is 309 g/mol. The molecule has 0 aliphatic carbocycles. The predicted molar refractivity (Wildman–Crippen MR) is 72.9 cm³/mol.